The zero-order valence-corrected chi connectivity index (χ0v) is 11.8. The van der Waals surface area contributed by atoms with Gasteiger partial charge >= 0.3 is 0 Å². The molecule has 2 saturated heterocycles. The molecule has 0 radical (unpaired) electrons. The summed E-state index contributed by atoms with van der Waals surface area (Å²) in [7, 11) is 0. The summed E-state index contributed by atoms with van der Waals surface area (Å²) in [5.41, 5.74) is 3.01. The molecule has 1 aromatic rings. The van der Waals surface area contributed by atoms with Gasteiger partial charge < -0.3 is 10.6 Å². The van der Waals surface area contributed by atoms with E-state index in [2.05, 4.69) is 34.9 Å². The normalized spacial score (nSPS) is 28.2. The predicted molar refractivity (Wildman–Crippen MR) is 80.6 cm³/mol. The van der Waals surface area contributed by atoms with Crippen LogP contribution in [0, 0.1) is 0 Å². The van der Waals surface area contributed by atoms with Crippen LogP contribution in [-0.2, 0) is 6.42 Å². The van der Waals surface area contributed by atoms with Gasteiger partial charge in [0, 0.05) is 12.6 Å². The van der Waals surface area contributed by atoms with E-state index in [1.807, 2.05) is 0 Å². The number of piperidine rings is 2. The highest BCUT2D eigenvalue weighted by Gasteiger charge is 2.16. The molecule has 2 aliphatic rings. The van der Waals surface area contributed by atoms with Crippen LogP contribution in [0.1, 0.15) is 49.1 Å². The molecule has 2 heteroatoms. The van der Waals surface area contributed by atoms with Crippen molar-refractivity contribution in [2.45, 2.75) is 50.5 Å². The Morgan fingerprint density at radius 1 is 0.947 bits per heavy atom. The molecule has 2 nitrogen and oxygen atoms in total. The van der Waals surface area contributed by atoms with E-state index in [1.165, 1.54) is 62.7 Å². The van der Waals surface area contributed by atoms with E-state index in [0.717, 1.165) is 12.5 Å². The van der Waals surface area contributed by atoms with Crippen LogP contribution in [0.15, 0.2) is 24.3 Å². The summed E-state index contributed by atoms with van der Waals surface area (Å²) in [6.07, 6.45) is 7.94. The molecule has 2 heterocycles. The first-order valence-electron chi connectivity index (χ1n) is 7.95. The Morgan fingerprint density at radius 3 is 2.53 bits per heavy atom. The molecule has 104 valence electrons. The summed E-state index contributed by atoms with van der Waals surface area (Å²) in [5, 5.41) is 7.14. The highest BCUT2D eigenvalue weighted by molar-refractivity contribution is 5.26. The minimum absolute atomic E-state index is 0.705. The first-order chi connectivity index (χ1) is 9.42. The predicted octanol–water partition coefficient (Wildman–Crippen LogP) is 2.84. The van der Waals surface area contributed by atoms with Crippen molar-refractivity contribution in [3.05, 3.63) is 35.4 Å². The van der Waals surface area contributed by atoms with Crippen LogP contribution in [0.3, 0.4) is 0 Å². The average Bonchev–Trinajstić information content (AvgIpc) is 2.50. The lowest BCUT2D eigenvalue weighted by molar-refractivity contribution is 0.399. The second-order valence-electron chi connectivity index (χ2n) is 6.14. The molecule has 0 bridgehead atoms. The molecule has 2 N–H and O–H groups in total. The summed E-state index contributed by atoms with van der Waals surface area (Å²) < 4.78 is 0. The SMILES string of the molecule is c1cc(C2CCCNC2)ccc1CC1CCCCN1. The molecule has 2 unspecified atom stereocenters. The fourth-order valence-electron chi connectivity index (χ4n) is 3.44. The maximum Gasteiger partial charge on any atom is 0.0107 e. The molecule has 1 aromatic carbocycles. The topological polar surface area (TPSA) is 24.1 Å². The highest BCUT2D eigenvalue weighted by Crippen LogP contribution is 2.24. The number of benzene rings is 1. The van der Waals surface area contributed by atoms with Gasteiger partial charge in [-0.05, 0) is 62.2 Å². The Kier molecular flexibility index (Phi) is 4.52. The molecule has 0 aromatic heterocycles. The Morgan fingerprint density at radius 2 is 1.84 bits per heavy atom. The van der Waals surface area contributed by atoms with E-state index in [4.69, 9.17) is 0 Å². The van der Waals surface area contributed by atoms with Gasteiger partial charge in [-0.15, -0.1) is 0 Å². The lowest BCUT2D eigenvalue weighted by Crippen LogP contribution is -2.35. The van der Waals surface area contributed by atoms with Crippen molar-refractivity contribution in [2.75, 3.05) is 19.6 Å². The van der Waals surface area contributed by atoms with E-state index in [0.29, 0.717) is 6.04 Å². The molecule has 0 spiro atoms. The van der Waals surface area contributed by atoms with Crippen molar-refractivity contribution < 1.29 is 0 Å². The third kappa shape index (κ3) is 3.58. The van der Waals surface area contributed by atoms with Gasteiger partial charge in [0.25, 0.3) is 0 Å². The highest BCUT2D eigenvalue weighted by atomic mass is 14.9. The minimum atomic E-state index is 0.705. The Bertz CT molecular complexity index is 373. The van der Waals surface area contributed by atoms with Crippen molar-refractivity contribution in [3.63, 3.8) is 0 Å². The second-order valence-corrected chi connectivity index (χ2v) is 6.14. The third-order valence-corrected chi connectivity index (χ3v) is 4.64. The lowest BCUT2D eigenvalue weighted by atomic mass is 9.90. The van der Waals surface area contributed by atoms with Crippen molar-refractivity contribution in [1.82, 2.24) is 10.6 Å². The molecule has 2 fully saturated rings. The maximum absolute atomic E-state index is 3.64. The van der Waals surface area contributed by atoms with Crippen molar-refractivity contribution in [3.8, 4) is 0 Å². The third-order valence-electron chi connectivity index (χ3n) is 4.64. The summed E-state index contributed by atoms with van der Waals surface area (Å²) in [6.45, 7) is 3.56. The standard InChI is InChI=1S/C17H26N2/c1-2-11-19-17(5-1)12-14-6-8-15(9-7-14)16-4-3-10-18-13-16/h6-9,16-19H,1-5,10-13H2. The monoisotopic (exact) mass is 258 g/mol. The van der Waals surface area contributed by atoms with E-state index in [1.54, 1.807) is 0 Å². The van der Waals surface area contributed by atoms with Crippen molar-refractivity contribution in [1.29, 1.82) is 0 Å². The summed E-state index contributed by atoms with van der Waals surface area (Å²) in [4.78, 5) is 0. The van der Waals surface area contributed by atoms with E-state index >= 15 is 0 Å². The van der Waals surface area contributed by atoms with Crippen molar-refractivity contribution >= 4 is 0 Å². The smallest absolute Gasteiger partial charge is 0.0107 e. The van der Waals surface area contributed by atoms with Crippen LogP contribution in [-0.4, -0.2) is 25.7 Å². The quantitative estimate of drug-likeness (QED) is 0.871. The van der Waals surface area contributed by atoms with Gasteiger partial charge in [-0.1, -0.05) is 30.7 Å². The van der Waals surface area contributed by atoms with E-state index in [9.17, 15) is 0 Å². The van der Waals surface area contributed by atoms with Crippen LogP contribution >= 0.6 is 0 Å². The number of rotatable bonds is 3. The van der Waals surface area contributed by atoms with Crippen LogP contribution in [0.2, 0.25) is 0 Å². The van der Waals surface area contributed by atoms with Gasteiger partial charge in [-0.3, -0.25) is 0 Å². The zero-order chi connectivity index (χ0) is 12.9. The van der Waals surface area contributed by atoms with E-state index < -0.39 is 0 Å². The molecule has 2 atom stereocenters. The molecule has 3 rings (SSSR count). The molecule has 0 aliphatic carbocycles. The van der Waals surface area contributed by atoms with E-state index in [-0.39, 0.29) is 0 Å². The fourth-order valence-corrected chi connectivity index (χ4v) is 3.44. The zero-order valence-electron chi connectivity index (χ0n) is 11.8. The first kappa shape index (κ1) is 13.1. The Hall–Kier alpha value is -0.860. The van der Waals surface area contributed by atoms with Crippen LogP contribution in [0.5, 0.6) is 0 Å². The summed E-state index contributed by atoms with van der Waals surface area (Å²) in [6, 6.07) is 10.1. The van der Waals surface area contributed by atoms with Gasteiger partial charge in [-0.25, -0.2) is 0 Å². The molecule has 2 aliphatic heterocycles. The van der Waals surface area contributed by atoms with Crippen LogP contribution < -0.4 is 10.6 Å². The average molecular weight is 258 g/mol. The summed E-state index contributed by atoms with van der Waals surface area (Å²) in [5.74, 6) is 0.732. The summed E-state index contributed by atoms with van der Waals surface area (Å²) >= 11 is 0. The lowest BCUT2D eigenvalue weighted by Gasteiger charge is -2.25. The minimum Gasteiger partial charge on any atom is -0.316 e. The maximum atomic E-state index is 3.64. The molecule has 19 heavy (non-hydrogen) atoms. The largest absolute Gasteiger partial charge is 0.316 e. The van der Waals surface area contributed by atoms with Gasteiger partial charge in [0.2, 0.25) is 0 Å². The Labute approximate surface area is 117 Å². The number of hydrogen-bond acceptors (Lipinski definition) is 2. The molecular weight excluding hydrogens is 232 g/mol. The molecular formula is C17H26N2. The number of hydrogen-bond donors (Lipinski definition) is 2. The number of nitrogens with one attached hydrogen (secondary N) is 2. The Balaban J connectivity index is 1.58. The van der Waals surface area contributed by atoms with Crippen molar-refractivity contribution in [2.24, 2.45) is 0 Å². The van der Waals surface area contributed by atoms with Crippen LogP contribution in [0.4, 0.5) is 0 Å². The second kappa shape index (κ2) is 6.53. The fraction of sp³-hybridized carbons (Fsp3) is 0.647. The van der Waals surface area contributed by atoms with Gasteiger partial charge in [0.1, 0.15) is 0 Å². The van der Waals surface area contributed by atoms with Crippen LogP contribution in [0.25, 0.3) is 0 Å². The molecule has 0 saturated carbocycles. The first-order valence-corrected chi connectivity index (χ1v) is 7.95. The van der Waals surface area contributed by atoms with Gasteiger partial charge in [-0.2, -0.15) is 0 Å². The van der Waals surface area contributed by atoms with Gasteiger partial charge in [0.15, 0.2) is 0 Å². The molecule has 0 amide bonds. The van der Waals surface area contributed by atoms with Gasteiger partial charge in [0.05, 0.1) is 0 Å².